The molecule has 1 unspecified atom stereocenters. The lowest BCUT2D eigenvalue weighted by Gasteiger charge is -2.09. The summed E-state index contributed by atoms with van der Waals surface area (Å²) in [6.45, 7) is 0. The molecule has 3 heterocycles. The zero-order valence-electron chi connectivity index (χ0n) is 18.2. The summed E-state index contributed by atoms with van der Waals surface area (Å²) in [4.78, 5) is 1.14. The van der Waals surface area contributed by atoms with E-state index in [1.54, 1.807) is 11.3 Å². The molecule has 3 aromatic carbocycles. The van der Waals surface area contributed by atoms with Crippen LogP contribution in [0.3, 0.4) is 0 Å². The first-order chi connectivity index (χ1) is 16.7. The summed E-state index contributed by atoms with van der Waals surface area (Å²) in [5.74, 6) is 0. The molecule has 2 aromatic heterocycles. The minimum Gasteiger partial charge on any atom is -0.302 e. The van der Waals surface area contributed by atoms with E-state index in [0.29, 0.717) is 5.02 Å². The predicted molar refractivity (Wildman–Crippen MR) is 141 cm³/mol. The SMILES string of the molecule is Clc1ccc(-n2cc(C3CC(c4ccc(-c5ccccc5)cc4)=NN3)c(-c3cccs3)n2)cc1. The van der Waals surface area contributed by atoms with Gasteiger partial charge in [0.2, 0.25) is 0 Å². The molecule has 0 saturated heterocycles. The van der Waals surface area contributed by atoms with Gasteiger partial charge < -0.3 is 5.43 Å². The molecule has 6 rings (SSSR count). The Morgan fingerprint density at radius 2 is 1.56 bits per heavy atom. The Hall–Kier alpha value is -3.67. The number of halogens is 1. The van der Waals surface area contributed by atoms with Gasteiger partial charge in [-0.05, 0) is 52.4 Å². The molecule has 5 aromatic rings. The fourth-order valence-electron chi connectivity index (χ4n) is 4.26. The lowest BCUT2D eigenvalue weighted by Crippen LogP contribution is -2.10. The second kappa shape index (κ2) is 8.93. The molecule has 1 aliphatic rings. The van der Waals surface area contributed by atoms with E-state index in [-0.39, 0.29) is 6.04 Å². The first-order valence-corrected chi connectivity index (χ1v) is 12.4. The Balaban J connectivity index is 1.28. The number of benzene rings is 3. The maximum Gasteiger partial charge on any atom is 0.108 e. The van der Waals surface area contributed by atoms with Crippen LogP contribution in [0.4, 0.5) is 0 Å². The van der Waals surface area contributed by atoms with E-state index in [0.717, 1.165) is 39.5 Å². The zero-order valence-corrected chi connectivity index (χ0v) is 19.8. The molecule has 0 radical (unpaired) electrons. The van der Waals surface area contributed by atoms with Crippen LogP contribution in [-0.2, 0) is 0 Å². The molecule has 0 amide bonds. The van der Waals surface area contributed by atoms with Crippen molar-refractivity contribution in [1.82, 2.24) is 15.2 Å². The van der Waals surface area contributed by atoms with Crippen molar-refractivity contribution < 1.29 is 0 Å². The Morgan fingerprint density at radius 1 is 0.824 bits per heavy atom. The summed E-state index contributed by atoms with van der Waals surface area (Å²) in [6.07, 6.45) is 2.91. The van der Waals surface area contributed by atoms with E-state index in [4.69, 9.17) is 21.8 Å². The lowest BCUT2D eigenvalue weighted by molar-refractivity contribution is 0.621. The quantitative estimate of drug-likeness (QED) is 0.285. The van der Waals surface area contributed by atoms with Crippen molar-refractivity contribution in [2.24, 2.45) is 5.10 Å². The van der Waals surface area contributed by atoms with Gasteiger partial charge in [0.25, 0.3) is 0 Å². The summed E-state index contributed by atoms with van der Waals surface area (Å²) < 4.78 is 1.93. The first-order valence-electron chi connectivity index (χ1n) is 11.1. The largest absolute Gasteiger partial charge is 0.302 e. The van der Waals surface area contributed by atoms with Gasteiger partial charge in [-0.25, -0.2) is 4.68 Å². The molecule has 34 heavy (non-hydrogen) atoms. The van der Waals surface area contributed by atoms with Crippen LogP contribution in [0, 0.1) is 0 Å². The normalized spacial score (nSPS) is 15.2. The molecule has 0 fully saturated rings. The standard InChI is InChI=1S/C28H21ClN4S/c29-22-12-14-23(15-13-22)33-18-24(28(32-33)27-7-4-16-34-27)26-17-25(30-31-26)21-10-8-20(9-11-21)19-5-2-1-3-6-19/h1-16,18,26,31H,17H2. The predicted octanol–water partition coefficient (Wildman–Crippen LogP) is 7.36. The number of hydrogen-bond donors (Lipinski definition) is 1. The molecule has 6 heteroatoms. The summed E-state index contributed by atoms with van der Waals surface area (Å²) in [5.41, 5.74) is 11.1. The average molecular weight is 481 g/mol. The van der Waals surface area contributed by atoms with Crippen molar-refractivity contribution in [3.63, 3.8) is 0 Å². The number of rotatable bonds is 5. The molecule has 0 bridgehead atoms. The van der Waals surface area contributed by atoms with Crippen LogP contribution in [0.15, 0.2) is 108 Å². The number of nitrogens with zero attached hydrogens (tertiary/aromatic N) is 3. The summed E-state index contributed by atoms with van der Waals surface area (Å²) in [6, 6.07) is 31.0. The maximum absolute atomic E-state index is 6.09. The Kier molecular flexibility index (Phi) is 5.49. The van der Waals surface area contributed by atoms with Gasteiger partial charge in [-0.15, -0.1) is 11.3 Å². The Morgan fingerprint density at radius 3 is 2.29 bits per heavy atom. The third kappa shape index (κ3) is 4.04. The maximum atomic E-state index is 6.09. The van der Waals surface area contributed by atoms with Crippen molar-refractivity contribution >= 4 is 28.6 Å². The number of thiophene rings is 1. The second-order valence-electron chi connectivity index (χ2n) is 8.22. The van der Waals surface area contributed by atoms with Gasteiger partial charge in [-0.3, -0.25) is 0 Å². The zero-order chi connectivity index (χ0) is 22.9. The average Bonchev–Trinajstić information content (AvgIpc) is 3.66. The van der Waals surface area contributed by atoms with E-state index in [2.05, 4.69) is 77.7 Å². The highest BCUT2D eigenvalue weighted by molar-refractivity contribution is 7.13. The molecule has 1 N–H and O–H groups in total. The van der Waals surface area contributed by atoms with Crippen LogP contribution in [0.5, 0.6) is 0 Å². The molecule has 166 valence electrons. The van der Waals surface area contributed by atoms with Crippen LogP contribution in [0.1, 0.15) is 23.6 Å². The van der Waals surface area contributed by atoms with Crippen molar-refractivity contribution in [3.8, 4) is 27.4 Å². The molecule has 0 saturated carbocycles. The molecule has 0 aliphatic carbocycles. The van der Waals surface area contributed by atoms with Gasteiger partial charge in [0, 0.05) is 23.2 Å². The van der Waals surface area contributed by atoms with Gasteiger partial charge in [0.15, 0.2) is 0 Å². The van der Waals surface area contributed by atoms with Crippen molar-refractivity contribution in [1.29, 1.82) is 0 Å². The molecular weight excluding hydrogens is 460 g/mol. The van der Waals surface area contributed by atoms with Crippen molar-refractivity contribution in [3.05, 3.63) is 119 Å². The van der Waals surface area contributed by atoms with Gasteiger partial charge >= 0.3 is 0 Å². The summed E-state index contributed by atoms with van der Waals surface area (Å²) >= 11 is 7.78. The van der Waals surface area contributed by atoms with E-state index in [1.165, 1.54) is 11.1 Å². The van der Waals surface area contributed by atoms with E-state index in [1.807, 2.05) is 35.0 Å². The van der Waals surface area contributed by atoms with Crippen LogP contribution in [-0.4, -0.2) is 15.5 Å². The fourth-order valence-corrected chi connectivity index (χ4v) is 5.12. The molecule has 1 atom stereocenters. The van der Waals surface area contributed by atoms with Crippen molar-refractivity contribution in [2.75, 3.05) is 0 Å². The van der Waals surface area contributed by atoms with Gasteiger partial charge in [-0.1, -0.05) is 72.3 Å². The number of hydrazone groups is 1. The highest BCUT2D eigenvalue weighted by Crippen LogP contribution is 2.35. The number of hydrogen-bond acceptors (Lipinski definition) is 4. The lowest BCUT2D eigenvalue weighted by atomic mass is 9.97. The van der Waals surface area contributed by atoms with Crippen molar-refractivity contribution in [2.45, 2.75) is 12.5 Å². The van der Waals surface area contributed by atoms with Crippen LogP contribution in [0.25, 0.3) is 27.4 Å². The summed E-state index contributed by atoms with van der Waals surface area (Å²) in [7, 11) is 0. The monoisotopic (exact) mass is 480 g/mol. The highest BCUT2D eigenvalue weighted by Gasteiger charge is 2.27. The Labute approximate surface area is 207 Å². The van der Waals surface area contributed by atoms with E-state index >= 15 is 0 Å². The van der Waals surface area contributed by atoms with E-state index in [9.17, 15) is 0 Å². The van der Waals surface area contributed by atoms with Crippen LogP contribution in [0.2, 0.25) is 5.02 Å². The molecular formula is C28H21ClN4S. The topological polar surface area (TPSA) is 42.2 Å². The summed E-state index contributed by atoms with van der Waals surface area (Å²) in [5, 5.41) is 12.4. The molecule has 4 nitrogen and oxygen atoms in total. The third-order valence-electron chi connectivity index (χ3n) is 6.04. The third-order valence-corrected chi connectivity index (χ3v) is 7.17. The van der Waals surface area contributed by atoms with Gasteiger partial charge in [-0.2, -0.15) is 10.2 Å². The molecule has 1 aliphatic heterocycles. The smallest absolute Gasteiger partial charge is 0.108 e. The minimum absolute atomic E-state index is 0.0574. The second-order valence-corrected chi connectivity index (χ2v) is 9.60. The number of aromatic nitrogens is 2. The highest BCUT2D eigenvalue weighted by atomic mass is 35.5. The van der Waals surface area contributed by atoms with Gasteiger partial charge in [0.05, 0.1) is 22.3 Å². The van der Waals surface area contributed by atoms with E-state index < -0.39 is 0 Å². The van der Waals surface area contributed by atoms with Crippen LogP contribution >= 0.6 is 22.9 Å². The first kappa shape index (κ1) is 20.9. The van der Waals surface area contributed by atoms with Gasteiger partial charge in [0.1, 0.15) is 5.69 Å². The number of nitrogens with one attached hydrogen (secondary N) is 1. The Bertz CT molecular complexity index is 1440. The minimum atomic E-state index is 0.0574. The van der Waals surface area contributed by atoms with Crippen LogP contribution < -0.4 is 5.43 Å². The fraction of sp³-hybridized carbons (Fsp3) is 0.0714. The molecule has 0 spiro atoms.